The summed E-state index contributed by atoms with van der Waals surface area (Å²) in [7, 11) is 1.74. The summed E-state index contributed by atoms with van der Waals surface area (Å²) < 4.78 is 0. The maximum absolute atomic E-state index is 11.2. The van der Waals surface area contributed by atoms with E-state index < -0.39 is 0 Å². The number of nitrogens with one attached hydrogen (secondary N) is 2. The number of hydrogen-bond acceptors (Lipinski definition) is 4. The number of likely N-dealkylation sites (N-methyl/N-ethyl adjacent to an activating group) is 1. The molecule has 15 heavy (non-hydrogen) atoms. The number of aromatic nitrogens is 1. The summed E-state index contributed by atoms with van der Waals surface area (Å²) in [6.45, 7) is 2.45. The highest BCUT2D eigenvalue weighted by Gasteiger charge is 2.04. The quantitative estimate of drug-likeness (QED) is 0.835. The summed E-state index contributed by atoms with van der Waals surface area (Å²) in [5.41, 5.74) is 0. The number of carbonyl (C=O) groups is 1. The third-order valence-corrected chi connectivity index (χ3v) is 2.61. The van der Waals surface area contributed by atoms with Crippen molar-refractivity contribution in [2.75, 3.05) is 18.9 Å². The van der Waals surface area contributed by atoms with E-state index in [1.807, 2.05) is 6.20 Å². The van der Waals surface area contributed by atoms with Crippen molar-refractivity contribution >= 4 is 34.8 Å². The van der Waals surface area contributed by atoms with Crippen molar-refractivity contribution in [1.29, 1.82) is 0 Å². The van der Waals surface area contributed by atoms with Gasteiger partial charge in [-0.15, -0.1) is 23.7 Å². The van der Waals surface area contributed by atoms with Gasteiger partial charge < -0.3 is 10.6 Å². The van der Waals surface area contributed by atoms with E-state index in [1.54, 1.807) is 18.4 Å². The van der Waals surface area contributed by atoms with Crippen molar-refractivity contribution in [2.24, 2.45) is 0 Å². The fourth-order valence-electron chi connectivity index (χ4n) is 1.05. The van der Waals surface area contributed by atoms with Gasteiger partial charge in [-0.25, -0.2) is 4.98 Å². The number of hydrogen-bond donors (Lipinski definition) is 2. The van der Waals surface area contributed by atoms with Crippen LogP contribution >= 0.6 is 23.7 Å². The molecule has 0 saturated carbocycles. The highest BCUT2D eigenvalue weighted by atomic mass is 35.5. The summed E-state index contributed by atoms with van der Waals surface area (Å²) in [6.07, 6.45) is 3.95. The maximum atomic E-state index is 11.2. The second kappa shape index (κ2) is 7.62. The molecule has 1 rings (SSSR count). The van der Waals surface area contributed by atoms with E-state index in [-0.39, 0.29) is 18.3 Å². The zero-order valence-corrected chi connectivity index (χ0v) is 10.5. The van der Waals surface area contributed by atoms with Crippen LogP contribution in [0, 0.1) is 0 Å². The monoisotopic (exact) mass is 249 g/mol. The SMILES string of the molecule is CCCc1cnc(NC(=O)CNC)s1.Cl. The molecule has 0 unspecified atom stereocenters. The summed E-state index contributed by atoms with van der Waals surface area (Å²) in [4.78, 5) is 16.5. The van der Waals surface area contributed by atoms with E-state index in [4.69, 9.17) is 0 Å². The second-order valence-corrected chi connectivity index (χ2v) is 4.08. The van der Waals surface area contributed by atoms with Gasteiger partial charge in [0, 0.05) is 11.1 Å². The van der Waals surface area contributed by atoms with E-state index in [9.17, 15) is 4.79 Å². The van der Waals surface area contributed by atoms with Crippen molar-refractivity contribution in [1.82, 2.24) is 10.3 Å². The average molecular weight is 250 g/mol. The van der Waals surface area contributed by atoms with Crippen molar-refractivity contribution in [3.8, 4) is 0 Å². The zero-order valence-electron chi connectivity index (χ0n) is 8.87. The molecule has 0 aliphatic carbocycles. The van der Waals surface area contributed by atoms with Crippen LogP contribution in [0.2, 0.25) is 0 Å². The fraction of sp³-hybridized carbons (Fsp3) is 0.556. The van der Waals surface area contributed by atoms with Gasteiger partial charge in [-0.1, -0.05) is 13.3 Å². The number of nitrogens with zero attached hydrogens (tertiary/aromatic N) is 1. The molecule has 0 fully saturated rings. The highest BCUT2D eigenvalue weighted by Crippen LogP contribution is 2.18. The number of thiazole rings is 1. The van der Waals surface area contributed by atoms with Gasteiger partial charge >= 0.3 is 0 Å². The third kappa shape index (κ3) is 5.11. The molecule has 0 radical (unpaired) electrons. The van der Waals surface area contributed by atoms with Crippen LogP contribution < -0.4 is 10.6 Å². The molecule has 1 heterocycles. The molecular formula is C9H16ClN3OS. The molecular weight excluding hydrogens is 234 g/mol. The predicted octanol–water partition coefficient (Wildman–Crippen LogP) is 1.68. The Hall–Kier alpha value is -0.650. The molecule has 0 aliphatic rings. The molecule has 0 aromatic carbocycles. The smallest absolute Gasteiger partial charge is 0.240 e. The molecule has 0 bridgehead atoms. The predicted molar refractivity (Wildman–Crippen MR) is 65.9 cm³/mol. The first-order valence-corrected chi connectivity index (χ1v) is 5.47. The molecule has 86 valence electrons. The second-order valence-electron chi connectivity index (χ2n) is 2.96. The lowest BCUT2D eigenvalue weighted by molar-refractivity contribution is -0.115. The van der Waals surface area contributed by atoms with Crippen molar-refractivity contribution in [2.45, 2.75) is 19.8 Å². The van der Waals surface area contributed by atoms with Crippen LogP contribution in [0.3, 0.4) is 0 Å². The number of anilines is 1. The van der Waals surface area contributed by atoms with E-state index in [0.717, 1.165) is 12.8 Å². The number of rotatable bonds is 5. The van der Waals surface area contributed by atoms with Gasteiger partial charge in [-0.05, 0) is 13.5 Å². The number of halogens is 1. The lowest BCUT2D eigenvalue weighted by Gasteiger charge is -1.98. The standard InChI is InChI=1S/C9H15N3OS.ClH/c1-3-4-7-5-11-9(14-7)12-8(13)6-10-2;/h5,10H,3-4,6H2,1-2H3,(H,11,12,13);1H. The molecule has 0 aliphatic heterocycles. The van der Waals surface area contributed by atoms with Gasteiger partial charge in [0.2, 0.25) is 5.91 Å². The van der Waals surface area contributed by atoms with Gasteiger partial charge in [0.1, 0.15) is 0 Å². The first kappa shape index (κ1) is 14.3. The van der Waals surface area contributed by atoms with Crippen LogP contribution in [0.5, 0.6) is 0 Å². The normalized spacial score (nSPS) is 9.47. The van der Waals surface area contributed by atoms with Gasteiger partial charge in [-0.2, -0.15) is 0 Å². The number of carbonyl (C=O) groups excluding carboxylic acids is 1. The first-order valence-electron chi connectivity index (χ1n) is 4.65. The summed E-state index contributed by atoms with van der Waals surface area (Å²) >= 11 is 1.54. The van der Waals surface area contributed by atoms with Gasteiger partial charge in [-0.3, -0.25) is 4.79 Å². The van der Waals surface area contributed by atoms with E-state index in [2.05, 4.69) is 22.5 Å². The van der Waals surface area contributed by atoms with Crippen LogP contribution in [-0.4, -0.2) is 24.5 Å². The number of aryl methyl sites for hydroxylation is 1. The van der Waals surface area contributed by atoms with Crippen LogP contribution in [-0.2, 0) is 11.2 Å². The Morgan fingerprint density at radius 1 is 1.60 bits per heavy atom. The average Bonchev–Trinajstić information content (AvgIpc) is 2.53. The summed E-state index contributed by atoms with van der Waals surface area (Å²) in [5, 5.41) is 6.20. The molecule has 1 amide bonds. The highest BCUT2D eigenvalue weighted by molar-refractivity contribution is 7.15. The third-order valence-electron chi connectivity index (χ3n) is 1.63. The molecule has 6 heteroatoms. The molecule has 1 aromatic rings. The topological polar surface area (TPSA) is 54.0 Å². The largest absolute Gasteiger partial charge is 0.311 e. The van der Waals surface area contributed by atoms with Crippen molar-refractivity contribution in [3.05, 3.63) is 11.1 Å². The Morgan fingerprint density at radius 2 is 2.33 bits per heavy atom. The van der Waals surface area contributed by atoms with Crippen LogP contribution in [0.1, 0.15) is 18.2 Å². The van der Waals surface area contributed by atoms with Gasteiger partial charge in [0.05, 0.1) is 6.54 Å². The first-order chi connectivity index (χ1) is 6.76. The summed E-state index contributed by atoms with van der Waals surface area (Å²) in [5.74, 6) is -0.0510. The van der Waals surface area contributed by atoms with Gasteiger partial charge in [0.25, 0.3) is 0 Å². The fourth-order valence-corrected chi connectivity index (χ4v) is 1.98. The Labute approximate surface area is 99.9 Å². The minimum Gasteiger partial charge on any atom is -0.311 e. The van der Waals surface area contributed by atoms with Crippen LogP contribution in [0.25, 0.3) is 0 Å². The summed E-state index contributed by atoms with van der Waals surface area (Å²) in [6, 6.07) is 0. The minimum atomic E-state index is -0.0510. The van der Waals surface area contributed by atoms with E-state index >= 15 is 0 Å². The lowest BCUT2D eigenvalue weighted by Crippen LogP contribution is -2.24. The van der Waals surface area contributed by atoms with E-state index in [0.29, 0.717) is 11.7 Å². The molecule has 0 atom stereocenters. The number of amides is 1. The molecule has 2 N–H and O–H groups in total. The van der Waals surface area contributed by atoms with Crippen molar-refractivity contribution < 1.29 is 4.79 Å². The van der Waals surface area contributed by atoms with Crippen molar-refractivity contribution in [3.63, 3.8) is 0 Å². The maximum Gasteiger partial charge on any atom is 0.240 e. The van der Waals surface area contributed by atoms with Crippen LogP contribution in [0.15, 0.2) is 6.20 Å². The molecule has 4 nitrogen and oxygen atoms in total. The molecule has 0 saturated heterocycles. The van der Waals surface area contributed by atoms with E-state index in [1.165, 1.54) is 4.88 Å². The lowest BCUT2D eigenvalue weighted by atomic mass is 10.3. The molecule has 1 aromatic heterocycles. The Morgan fingerprint density at radius 3 is 2.93 bits per heavy atom. The van der Waals surface area contributed by atoms with Crippen LogP contribution in [0.4, 0.5) is 5.13 Å². The Kier molecular flexibility index (Phi) is 7.29. The minimum absolute atomic E-state index is 0. The zero-order chi connectivity index (χ0) is 10.4. The Bertz CT molecular complexity index is 303. The molecule has 0 spiro atoms. The van der Waals surface area contributed by atoms with Gasteiger partial charge in [0.15, 0.2) is 5.13 Å². The Balaban J connectivity index is 0.00000196.